The van der Waals surface area contributed by atoms with E-state index in [0.717, 1.165) is 11.3 Å². The van der Waals surface area contributed by atoms with Crippen molar-refractivity contribution in [1.82, 2.24) is 0 Å². The molecular weight excluding hydrogens is 272 g/mol. The minimum absolute atomic E-state index is 0.202. The molecular formula is C12H16O6S. The number of hydrogen-bond donors (Lipinski definition) is 2. The molecule has 106 valence electrons. The lowest BCUT2D eigenvalue weighted by molar-refractivity contribution is -0.147. The first-order valence-corrected chi connectivity index (χ1v) is 6.56. The SMILES string of the molecule is CCOC(=O)CC(O)C(O)c1ccsc1C(=O)OC. The van der Waals surface area contributed by atoms with Gasteiger partial charge in [-0.05, 0) is 18.4 Å². The molecule has 0 aliphatic rings. The van der Waals surface area contributed by atoms with Gasteiger partial charge in [0.15, 0.2) is 0 Å². The van der Waals surface area contributed by atoms with E-state index in [1.807, 2.05) is 0 Å². The molecule has 2 unspecified atom stereocenters. The van der Waals surface area contributed by atoms with Gasteiger partial charge in [-0.1, -0.05) is 0 Å². The number of hydrogen-bond acceptors (Lipinski definition) is 7. The highest BCUT2D eigenvalue weighted by Crippen LogP contribution is 2.27. The van der Waals surface area contributed by atoms with Crippen LogP contribution >= 0.6 is 11.3 Å². The monoisotopic (exact) mass is 288 g/mol. The van der Waals surface area contributed by atoms with E-state index in [4.69, 9.17) is 0 Å². The predicted octanol–water partition coefficient (Wildman–Crippen LogP) is 0.882. The van der Waals surface area contributed by atoms with Gasteiger partial charge >= 0.3 is 11.9 Å². The minimum Gasteiger partial charge on any atom is -0.466 e. The third-order valence-corrected chi connectivity index (χ3v) is 3.34. The van der Waals surface area contributed by atoms with Crippen molar-refractivity contribution in [3.05, 3.63) is 21.9 Å². The number of ether oxygens (including phenoxy) is 2. The van der Waals surface area contributed by atoms with Gasteiger partial charge in [0.05, 0.1) is 26.2 Å². The van der Waals surface area contributed by atoms with Crippen LogP contribution in [0.3, 0.4) is 0 Å². The fourth-order valence-corrected chi connectivity index (χ4v) is 2.38. The molecule has 0 bridgehead atoms. The van der Waals surface area contributed by atoms with E-state index >= 15 is 0 Å². The highest BCUT2D eigenvalue weighted by Gasteiger charge is 2.27. The highest BCUT2D eigenvalue weighted by molar-refractivity contribution is 7.12. The maximum atomic E-state index is 11.5. The quantitative estimate of drug-likeness (QED) is 0.755. The van der Waals surface area contributed by atoms with E-state index in [1.165, 1.54) is 13.2 Å². The van der Waals surface area contributed by atoms with Crippen molar-refractivity contribution in [2.24, 2.45) is 0 Å². The van der Waals surface area contributed by atoms with Crippen molar-refractivity contribution in [1.29, 1.82) is 0 Å². The zero-order valence-corrected chi connectivity index (χ0v) is 11.5. The van der Waals surface area contributed by atoms with Crippen LogP contribution in [0.25, 0.3) is 0 Å². The summed E-state index contributed by atoms with van der Waals surface area (Å²) in [6.45, 7) is 1.85. The lowest BCUT2D eigenvalue weighted by atomic mass is 10.0. The first-order valence-electron chi connectivity index (χ1n) is 5.68. The summed E-state index contributed by atoms with van der Waals surface area (Å²) in [6.07, 6.45) is -3.02. The molecule has 7 heteroatoms. The normalized spacial score (nSPS) is 13.7. The second-order valence-corrected chi connectivity index (χ2v) is 4.63. The Bertz CT molecular complexity index is 441. The molecule has 1 aromatic rings. The summed E-state index contributed by atoms with van der Waals surface area (Å²) in [7, 11) is 1.23. The molecule has 0 fully saturated rings. The Hall–Kier alpha value is -1.44. The van der Waals surface area contributed by atoms with Gasteiger partial charge < -0.3 is 19.7 Å². The summed E-state index contributed by atoms with van der Waals surface area (Å²) < 4.78 is 9.25. The van der Waals surface area contributed by atoms with Gasteiger partial charge in [-0.2, -0.15) is 0 Å². The molecule has 19 heavy (non-hydrogen) atoms. The average Bonchev–Trinajstić information content (AvgIpc) is 2.86. The number of aliphatic hydroxyl groups excluding tert-OH is 2. The van der Waals surface area contributed by atoms with Gasteiger partial charge in [0.25, 0.3) is 0 Å². The van der Waals surface area contributed by atoms with Gasteiger partial charge in [0.2, 0.25) is 0 Å². The standard InChI is InChI=1S/C12H16O6S/c1-3-18-9(14)6-8(13)10(15)7-4-5-19-11(7)12(16)17-2/h4-5,8,10,13,15H,3,6H2,1-2H3. The summed E-state index contributed by atoms with van der Waals surface area (Å²) in [6, 6.07) is 1.51. The van der Waals surface area contributed by atoms with E-state index in [0.29, 0.717) is 0 Å². The van der Waals surface area contributed by atoms with Crippen LogP contribution in [0.1, 0.15) is 34.7 Å². The van der Waals surface area contributed by atoms with Crippen LogP contribution in [0.5, 0.6) is 0 Å². The van der Waals surface area contributed by atoms with E-state index in [9.17, 15) is 19.8 Å². The van der Waals surface area contributed by atoms with Crippen molar-refractivity contribution < 1.29 is 29.3 Å². The zero-order chi connectivity index (χ0) is 14.4. The van der Waals surface area contributed by atoms with Crippen LogP contribution in [0.2, 0.25) is 0 Å². The first-order chi connectivity index (χ1) is 9.01. The van der Waals surface area contributed by atoms with Crippen LogP contribution in [0.15, 0.2) is 11.4 Å². The molecule has 0 spiro atoms. The molecule has 1 rings (SSSR count). The third-order valence-electron chi connectivity index (χ3n) is 2.43. The number of carbonyl (C=O) groups excluding carboxylic acids is 2. The van der Waals surface area contributed by atoms with Gasteiger partial charge in [-0.15, -0.1) is 11.3 Å². The number of rotatable bonds is 6. The van der Waals surface area contributed by atoms with Gasteiger partial charge in [-0.3, -0.25) is 4.79 Å². The molecule has 1 aromatic heterocycles. The van der Waals surface area contributed by atoms with Crippen LogP contribution in [-0.2, 0) is 14.3 Å². The van der Waals surface area contributed by atoms with E-state index < -0.39 is 24.1 Å². The highest BCUT2D eigenvalue weighted by atomic mass is 32.1. The second-order valence-electron chi connectivity index (χ2n) is 3.72. The van der Waals surface area contributed by atoms with Crippen molar-refractivity contribution in [2.75, 3.05) is 13.7 Å². The fourth-order valence-electron chi connectivity index (χ4n) is 1.52. The fraction of sp³-hybridized carbons (Fsp3) is 0.500. The van der Waals surface area contributed by atoms with Crippen LogP contribution in [0, 0.1) is 0 Å². The second kappa shape index (κ2) is 7.22. The van der Waals surface area contributed by atoms with Crippen LogP contribution in [-0.4, -0.2) is 42.0 Å². The van der Waals surface area contributed by atoms with Crippen molar-refractivity contribution in [2.45, 2.75) is 25.6 Å². The van der Waals surface area contributed by atoms with Crippen molar-refractivity contribution in [3.63, 3.8) is 0 Å². The molecule has 1 heterocycles. The molecule has 0 saturated heterocycles. The Labute approximate surface area is 114 Å². The first kappa shape index (κ1) is 15.6. The molecule has 0 amide bonds. The Morgan fingerprint density at radius 1 is 1.42 bits per heavy atom. The number of esters is 2. The van der Waals surface area contributed by atoms with E-state index in [1.54, 1.807) is 12.3 Å². The molecule has 0 aliphatic carbocycles. The Morgan fingerprint density at radius 2 is 2.11 bits per heavy atom. The number of methoxy groups -OCH3 is 1. The van der Waals surface area contributed by atoms with E-state index in [-0.39, 0.29) is 23.5 Å². The molecule has 0 aliphatic heterocycles. The molecule has 2 N–H and O–H groups in total. The topological polar surface area (TPSA) is 93.1 Å². The predicted molar refractivity (Wildman–Crippen MR) is 67.9 cm³/mol. The van der Waals surface area contributed by atoms with Crippen LogP contribution in [0.4, 0.5) is 0 Å². The Kier molecular flexibility index (Phi) is 5.94. The molecule has 0 radical (unpaired) electrons. The van der Waals surface area contributed by atoms with Gasteiger partial charge in [-0.25, -0.2) is 4.79 Å². The van der Waals surface area contributed by atoms with Crippen LogP contribution < -0.4 is 0 Å². The number of thiophene rings is 1. The largest absolute Gasteiger partial charge is 0.466 e. The Balaban J connectivity index is 2.77. The average molecular weight is 288 g/mol. The third kappa shape index (κ3) is 4.02. The summed E-state index contributed by atoms with van der Waals surface area (Å²) in [5, 5.41) is 21.3. The molecule has 2 atom stereocenters. The number of carbonyl (C=O) groups is 2. The maximum absolute atomic E-state index is 11.5. The lowest BCUT2D eigenvalue weighted by Gasteiger charge is -2.17. The van der Waals surface area contributed by atoms with Gasteiger partial charge in [0.1, 0.15) is 11.0 Å². The molecule has 0 saturated carbocycles. The number of aliphatic hydroxyl groups is 2. The smallest absolute Gasteiger partial charge is 0.348 e. The molecule has 0 aromatic carbocycles. The molecule has 6 nitrogen and oxygen atoms in total. The van der Waals surface area contributed by atoms with Crippen molar-refractivity contribution in [3.8, 4) is 0 Å². The summed E-state index contributed by atoms with van der Waals surface area (Å²) in [5.41, 5.74) is 0.244. The zero-order valence-electron chi connectivity index (χ0n) is 10.7. The summed E-state index contributed by atoms with van der Waals surface area (Å²) in [5.74, 6) is -1.20. The van der Waals surface area contributed by atoms with E-state index in [2.05, 4.69) is 9.47 Å². The minimum atomic E-state index is -1.34. The Morgan fingerprint density at radius 3 is 2.68 bits per heavy atom. The maximum Gasteiger partial charge on any atom is 0.348 e. The van der Waals surface area contributed by atoms with Crippen molar-refractivity contribution >= 4 is 23.3 Å². The van der Waals surface area contributed by atoms with Gasteiger partial charge in [0, 0.05) is 5.56 Å². The summed E-state index contributed by atoms with van der Waals surface area (Å²) in [4.78, 5) is 22.9. The lowest BCUT2D eigenvalue weighted by Crippen LogP contribution is -2.24. The summed E-state index contributed by atoms with van der Waals surface area (Å²) >= 11 is 1.10.